The van der Waals surface area contributed by atoms with E-state index in [-0.39, 0.29) is 7.83 Å². The van der Waals surface area contributed by atoms with Crippen molar-refractivity contribution < 1.29 is 0 Å². The molecule has 0 aromatic heterocycles. The van der Waals surface area contributed by atoms with Gasteiger partial charge in [0.1, 0.15) is 0 Å². The molecule has 0 aromatic rings. The minimum Gasteiger partial charge on any atom is -0.0771 e. The Morgan fingerprint density at radius 2 is 1.67 bits per heavy atom. The molecule has 3 heteroatoms. The van der Waals surface area contributed by atoms with Gasteiger partial charge in [-0.2, -0.15) is 0 Å². The first-order valence-corrected chi connectivity index (χ1v) is 15.9. The lowest BCUT2D eigenvalue weighted by atomic mass is 10.1. The summed E-state index contributed by atoms with van der Waals surface area (Å²) >= 11 is 0. The van der Waals surface area contributed by atoms with Crippen LogP contribution in [0.4, 0.5) is 0 Å². The fourth-order valence-electron chi connectivity index (χ4n) is 1.48. The van der Waals surface area contributed by atoms with E-state index in [2.05, 4.69) is 13.5 Å². The third-order valence-electron chi connectivity index (χ3n) is 2.75. The normalized spacial score (nSPS) is 14.5. The molecule has 1 unspecified atom stereocenters. The lowest BCUT2D eigenvalue weighted by molar-refractivity contribution is 0.624. The van der Waals surface area contributed by atoms with Crippen molar-refractivity contribution >= 4 is 26.6 Å². The minimum absolute atomic E-state index is 0.0376. The van der Waals surface area contributed by atoms with E-state index in [1.807, 2.05) is 0 Å². The largest absolute Gasteiger partial charge is 0.0771 e. The standard InChI is InChI=1S/C9H26Si3/c1-3-4-5-6-7-8-9-12(10)11-2/h12H,3-9,11H2,1-2,10H3. The summed E-state index contributed by atoms with van der Waals surface area (Å²) in [6.45, 7) is 4.82. The fourth-order valence-corrected chi connectivity index (χ4v) is 6.19. The molecule has 0 saturated carbocycles. The van der Waals surface area contributed by atoms with E-state index in [0.717, 1.165) is 0 Å². The highest BCUT2D eigenvalue weighted by atomic mass is 29.5. The van der Waals surface area contributed by atoms with Crippen LogP contribution in [0.5, 0.6) is 0 Å². The summed E-state index contributed by atoms with van der Waals surface area (Å²) in [4.78, 5) is 0. The molecule has 0 aliphatic heterocycles. The molecule has 1 atom stereocenters. The molecule has 0 heterocycles. The summed E-state index contributed by atoms with van der Waals surface area (Å²) in [6, 6.07) is 1.71. The van der Waals surface area contributed by atoms with Crippen LogP contribution in [-0.4, -0.2) is 26.6 Å². The topological polar surface area (TPSA) is 0 Å². The number of unbranched alkanes of at least 4 members (excludes halogenated alkanes) is 5. The smallest absolute Gasteiger partial charge is 0.00878 e. The van der Waals surface area contributed by atoms with Crippen LogP contribution in [0.25, 0.3) is 0 Å². The van der Waals surface area contributed by atoms with Crippen molar-refractivity contribution in [1.29, 1.82) is 0 Å². The van der Waals surface area contributed by atoms with Crippen LogP contribution in [0.2, 0.25) is 12.6 Å². The van der Waals surface area contributed by atoms with Crippen LogP contribution in [0, 0.1) is 0 Å². The Kier molecular flexibility index (Phi) is 10.3. The van der Waals surface area contributed by atoms with Crippen molar-refractivity contribution in [1.82, 2.24) is 0 Å². The summed E-state index contributed by atoms with van der Waals surface area (Å²) in [5.74, 6) is 0. The molecule has 0 radical (unpaired) electrons. The zero-order valence-corrected chi connectivity index (χ0v) is 13.8. The van der Waals surface area contributed by atoms with Crippen LogP contribution < -0.4 is 0 Å². The molecule has 74 valence electrons. The van der Waals surface area contributed by atoms with Gasteiger partial charge in [0.05, 0.1) is 0 Å². The molecule has 0 bridgehead atoms. The van der Waals surface area contributed by atoms with Gasteiger partial charge in [-0.25, -0.2) is 0 Å². The predicted molar refractivity (Wildman–Crippen MR) is 69.7 cm³/mol. The Morgan fingerprint density at radius 1 is 1.08 bits per heavy atom. The van der Waals surface area contributed by atoms with Gasteiger partial charge in [-0.15, -0.1) is 0 Å². The molecular formula is C9H26Si3. The van der Waals surface area contributed by atoms with E-state index in [4.69, 9.17) is 0 Å². The Morgan fingerprint density at radius 3 is 2.25 bits per heavy atom. The van der Waals surface area contributed by atoms with Gasteiger partial charge < -0.3 is 0 Å². The van der Waals surface area contributed by atoms with Crippen LogP contribution in [-0.2, 0) is 0 Å². The first-order valence-electron chi connectivity index (χ1n) is 5.81. The van der Waals surface area contributed by atoms with Crippen molar-refractivity contribution in [2.45, 2.75) is 58.0 Å². The molecule has 0 nitrogen and oxygen atoms in total. The van der Waals surface area contributed by atoms with Gasteiger partial charge in [0.15, 0.2) is 0 Å². The molecule has 0 fully saturated rings. The SMILES string of the molecule is CCCCCCCC[SiH]([SiH3])[SiH2]C. The quantitative estimate of drug-likeness (QED) is 0.424. The third-order valence-corrected chi connectivity index (χ3v) is 20.0. The van der Waals surface area contributed by atoms with Crippen molar-refractivity contribution in [2.75, 3.05) is 0 Å². The molecule has 0 N–H and O–H groups in total. The summed E-state index contributed by atoms with van der Waals surface area (Å²) < 4.78 is 0. The van der Waals surface area contributed by atoms with Crippen LogP contribution >= 0.6 is 0 Å². The fraction of sp³-hybridized carbons (Fsp3) is 1.00. The van der Waals surface area contributed by atoms with E-state index in [9.17, 15) is 0 Å². The monoisotopic (exact) mass is 218 g/mol. The molecular weight excluding hydrogens is 192 g/mol. The van der Waals surface area contributed by atoms with Crippen LogP contribution in [0.3, 0.4) is 0 Å². The van der Waals surface area contributed by atoms with Gasteiger partial charge in [-0.1, -0.05) is 58.0 Å². The predicted octanol–water partition coefficient (Wildman–Crippen LogP) is 1.15. The van der Waals surface area contributed by atoms with E-state index >= 15 is 0 Å². The van der Waals surface area contributed by atoms with Crippen LogP contribution in [0.15, 0.2) is 0 Å². The molecule has 0 rings (SSSR count). The van der Waals surface area contributed by atoms with E-state index in [0.29, 0.717) is 9.04 Å². The van der Waals surface area contributed by atoms with Crippen molar-refractivity contribution in [3.8, 4) is 0 Å². The summed E-state index contributed by atoms with van der Waals surface area (Å²) in [5, 5.41) is 0. The second kappa shape index (κ2) is 9.74. The highest BCUT2D eigenvalue weighted by Gasteiger charge is 1.99. The summed E-state index contributed by atoms with van der Waals surface area (Å²) in [6.07, 6.45) is 8.99. The molecule has 12 heavy (non-hydrogen) atoms. The van der Waals surface area contributed by atoms with Crippen molar-refractivity contribution in [2.24, 2.45) is 0 Å². The highest BCUT2D eigenvalue weighted by molar-refractivity contribution is 7.34. The van der Waals surface area contributed by atoms with Gasteiger partial charge in [0.25, 0.3) is 0 Å². The first kappa shape index (κ1) is 12.7. The maximum absolute atomic E-state index is 2.53. The Balaban J connectivity index is 2.90. The second-order valence-electron chi connectivity index (χ2n) is 4.07. The van der Waals surface area contributed by atoms with Gasteiger partial charge >= 0.3 is 0 Å². The Hall–Kier alpha value is 0.651. The second-order valence-corrected chi connectivity index (χ2v) is 24.1. The average Bonchev–Trinajstić information content (AvgIpc) is 2.10. The number of hydrogen-bond donors (Lipinski definition) is 0. The average molecular weight is 219 g/mol. The number of hydrogen-bond acceptors (Lipinski definition) is 0. The molecule has 0 aliphatic carbocycles. The van der Waals surface area contributed by atoms with E-state index in [1.54, 1.807) is 28.6 Å². The maximum atomic E-state index is 2.53. The third kappa shape index (κ3) is 8.74. The summed E-state index contributed by atoms with van der Waals surface area (Å²) in [7, 11) is 2.14. The lowest BCUT2D eigenvalue weighted by Gasteiger charge is -2.05. The number of rotatable bonds is 8. The molecule has 0 aromatic carbocycles. The summed E-state index contributed by atoms with van der Waals surface area (Å²) in [5.41, 5.74) is 0. The van der Waals surface area contributed by atoms with Crippen LogP contribution in [0.1, 0.15) is 45.4 Å². The molecule has 0 aliphatic rings. The Labute approximate surface area is 85.0 Å². The van der Waals surface area contributed by atoms with Gasteiger partial charge in [0.2, 0.25) is 0 Å². The van der Waals surface area contributed by atoms with Gasteiger partial charge in [-0.05, 0) is 9.76 Å². The van der Waals surface area contributed by atoms with Gasteiger partial charge in [-0.3, -0.25) is 0 Å². The molecule has 0 saturated heterocycles. The zero-order chi connectivity index (χ0) is 9.23. The molecule has 0 amide bonds. The zero-order valence-electron chi connectivity index (χ0n) is 9.23. The Bertz CT molecular complexity index is 85.8. The van der Waals surface area contributed by atoms with Crippen molar-refractivity contribution in [3.05, 3.63) is 0 Å². The molecule has 0 spiro atoms. The maximum Gasteiger partial charge on any atom is 0.00878 e. The van der Waals surface area contributed by atoms with Crippen molar-refractivity contribution in [3.63, 3.8) is 0 Å². The first-order chi connectivity index (χ1) is 5.81. The highest BCUT2D eigenvalue weighted by Crippen LogP contribution is 2.07. The van der Waals surface area contributed by atoms with E-state index < -0.39 is 0 Å². The minimum atomic E-state index is 0.0376. The van der Waals surface area contributed by atoms with E-state index in [1.165, 1.54) is 25.7 Å². The lowest BCUT2D eigenvalue weighted by Crippen LogP contribution is -2.19. The van der Waals surface area contributed by atoms with Gasteiger partial charge in [0, 0.05) is 16.9 Å².